The van der Waals surface area contributed by atoms with Gasteiger partial charge in [-0.15, -0.1) is 11.3 Å². The lowest BCUT2D eigenvalue weighted by Gasteiger charge is -2.10. The van der Waals surface area contributed by atoms with Gasteiger partial charge in [0, 0.05) is 22.7 Å². The molecule has 3 aromatic rings. The van der Waals surface area contributed by atoms with Crippen molar-refractivity contribution < 1.29 is 9.90 Å². The maximum Gasteiger partial charge on any atom is 0.251 e. The van der Waals surface area contributed by atoms with E-state index in [9.17, 15) is 4.79 Å². The summed E-state index contributed by atoms with van der Waals surface area (Å²) in [5, 5.41) is 13.2. The first-order valence-corrected chi connectivity index (χ1v) is 11.1. The van der Waals surface area contributed by atoms with Crippen LogP contribution in [0.4, 0.5) is 5.82 Å². The number of nitrogen functional groups attached to an aromatic ring is 1. The zero-order valence-corrected chi connectivity index (χ0v) is 17.0. The number of nitrogens with zero attached hydrogens (tertiary/aromatic N) is 2. The maximum absolute atomic E-state index is 11.9. The van der Waals surface area contributed by atoms with Crippen molar-refractivity contribution in [1.82, 2.24) is 15.3 Å². The predicted octanol–water partition coefficient (Wildman–Crippen LogP) is 3.17. The molecule has 6 nitrogen and oxygen atoms in total. The van der Waals surface area contributed by atoms with Crippen molar-refractivity contribution in [2.45, 2.75) is 36.6 Å². The number of aromatic nitrogens is 2. The Balaban J connectivity index is 1.46. The summed E-state index contributed by atoms with van der Waals surface area (Å²) in [7, 11) is 0. The summed E-state index contributed by atoms with van der Waals surface area (Å²) in [6, 6.07) is 7.42. The SMILES string of the molecule is Nc1nc(SCc2ccc(C(=O)NCCO)cc2)nc2sc3c(c12)CCCC3. The Morgan fingerprint density at radius 2 is 2.00 bits per heavy atom. The fourth-order valence-electron chi connectivity index (χ4n) is 3.40. The lowest BCUT2D eigenvalue weighted by atomic mass is 9.97. The largest absolute Gasteiger partial charge is 0.395 e. The minimum Gasteiger partial charge on any atom is -0.395 e. The van der Waals surface area contributed by atoms with E-state index in [1.165, 1.54) is 23.3 Å². The highest BCUT2D eigenvalue weighted by Gasteiger charge is 2.20. The minimum atomic E-state index is -0.184. The van der Waals surface area contributed by atoms with Crippen molar-refractivity contribution >= 4 is 45.0 Å². The van der Waals surface area contributed by atoms with Gasteiger partial charge in [0.25, 0.3) is 5.91 Å². The van der Waals surface area contributed by atoms with Crippen LogP contribution in [0.5, 0.6) is 0 Å². The van der Waals surface area contributed by atoms with E-state index in [1.54, 1.807) is 35.2 Å². The van der Waals surface area contributed by atoms with E-state index in [0.29, 0.717) is 22.3 Å². The fraction of sp³-hybridized carbons (Fsp3) is 0.350. The van der Waals surface area contributed by atoms with E-state index in [2.05, 4.69) is 10.3 Å². The number of thiophene rings is 1. The Morgan fingerprint density at radius 3 is 2.79 bits per heavy atom. The summed E-state index contributed by atoms with van der Waals surface area (Å²) in [6.07, 6.45) is 4.65. The summed E-state index contributed by atoms with van der Waals surface area (Å²) < 4.78 is 0. The Morgan fingerprint density at radius 1 is 1.21 bits per heavy atom. The second kappa shape index (κ2) is 8.46. The van der Waals surface area contributed by atoms with Crippen LogP contribution < -0.4 is 11.1 Å². The molecule has 0 spiro atoms. The molecule has 0 aliphatic heterocycles. The smallest absolute Gasteiger partial charge is 0.251 e. The molecule has 146 valence electrons. The summed E-state index contributed by atoms with van der Waals surface area (Å²) in [6.45, 7) is 0.186. The third kappa shape index (κ3) is 3.99. The number of aliphatic hydroxyl groups is 1. The van der Waals surface area contributed by atoms with Crippen LogP contribution in [0.15, 0.2) is 29.4 Å². The predicted molar refractivity (Wildman–Crippen MR) is 114 cm³/mol. The summed E-state index contributed by atoms with van der Waals surface area (Å²) in [5.74, 6) is 1.11. The maximum atomic E-state index is 11.9. The first-order chi connectivity index (χ1) is 13.7. The molecule has 0 bridgehead atoms. The van der Waals surface area contributed by atoms with Crippen LogP contribution in [-0.2, 0) is 18.6 Å². The summed E-state index contributed by atoms with van der Waals surface area (Å²) >= 11 is 3.30. The summed E-state index contributed by atoms with van der Waals surface area (Å²) in [5.41, 5.74) is 9.28. The number of anilines is 1. The Kier molecular flexibility index (Phi) is 5.79. The van der Waals surface area contributed by atoms with Crippen LogP contribution >= 0.6 is 23.1 Å². The van der Waals surface area contributed by atoms with Gasteiger partial charge >= 0.3 is 0 Å². The van der Waals surface area contributed by atoms with Gasteiger partial charge in [0.05, 0.1) is 12.0 Å². The van der Waals surface area contributed by atoms with Crippen molar-refractivity contribution in [3.05, 3.63) is 45.8 Å². The number of amides is 1. The minimum absolute atomic E-state index is 0.0683. The standard InChI is InChI=1S/C20H22N4O2S2/c21-17-16-14-3-1-2-4-15(14)28-19(16)24-20(23-17)27-11-12-5-7-13(8-6-12)18(26)22-9-10-25/h5-8,25H,1-4,9-11H2,(H,22,26)(H2,21,23,24). The molecule has 0 radical (unpaired) electrons. The molecule has 1 amide bonds. The zero-order chi connectivity index (χ0) is 19.5. The van der Waals surface area contributed by atoms with Crippen LogP contribution in [-0.4, -0.2) is 34.1 Å². The molecule has 0 unspecified atom stereocenters. The lowest BCUT2D eigenvalue weighted by Crippen LogP contribution is -2.26. The van der Waals surface area contributed by atoms with Gasteiger partial charge in [0.15, 0.2) is 5.16 Å². The Labute approximate surface area is 171 Å². The topological polar surface area (TPSA) is 101 Å². The second-order valence-electron chi connectivity index (χ2n) is 6.75. The molecule has 8 heteroatoms. The van der Waals surface area contributed by atoms with Crippen molar-refractivity contribution in [3.63, 3.8) is 0 Å². The van der Waals surface area contributed by atoms with Gasteiger partial charge < -0.3 is 16.2 Å². The fourth-order valence-corrected chi connectivity index (χ4v) is 5.54. The number of nitrogens with two attached hydrogens (primary N) is 1. The molecule has 0 atom stereocenters. The van der Waals surface area contributed by atoms with Crippen LogP contribution in [0.2, 0.25) is 0 Å². The number of carbonyl (C=O) groups is 1. The molecule has 0 saturated heterocycles. The normalized spacial score (nSPS) is 13.5. The number of fused-ring (bicyclic) bond motifs is 3. The molecule has 0 saturated carbocycles. The molecular weight excluding hydrogens is 392 g/mol. The van der Waals surface area contributed by atoms with Crippen LogP contribution in [0.3, 0.4) is 0 Å². The van der Waals surface area contributed by atoms with Crippen LogP contribution in [0.1, 0.15) is 39.2 Å². The molecule has 2 aromatic heterocycles. The van der Waals surface area contributed by atoms with Gasteiger partial charge in [-0.05, 0) is 48.9 Å². The molecule has 1 aliphatic carbocycles. The quantitative estimate of drug-likeness (QED) is 0.423. The molecule has 0 fully saturated rings. The lowest BCUT2D eigenvalue weighted by molar-refractivity contribution is 0.0945. The average Bonchev–Trinajstić information content (AvgIpc) is 3.09. The number of nitrogens with one attached hydrogen (secondary N) is 1. The van der Waals surface area contributed by atoms with Gasteiger partial charge in [0.1, 0.15) is 10.6 Å². The number of hydrogen-bond donors (Lipinski definition) is 3. The molecule has 4 rings (SSSR count). The van der Waals surface area contributed by atoms with E-state index in [4.69, 9.17) is 15.8 Å². The van der Waals surface area contributed by atoms with E-state index in [-0.39, 0.29) is 19.1 Å². The van der Waals surface area contributed by atoms with E-state index >= 15 is 0 Å². The molecule has 2 heterocycles. The van der Waals surface area contributed by atoms with Crippen molar-refractivity contribution in [2.24, 2.45) is 0 Å². The number of aliphatic hydroxyl groups excluding tert-OH is 1. The third-order valence-corrected chi connectivity index (χ3v) is 6.91. The van der Waals surface area contributed by atoms with Crippen molar-refractivity contribution in [3.8, 4) is 0 Å². The van der Waals surface area contributed by atoms with Gasteiger partial charge in [-0.25, -0.2) is 9.97 Å². The van der Waals surface area contributed by atoms with E-state index in [0.717, 1.165) is 28.6 Å². The number of hydrogen-bond acceptors (Lipinski definition) is 7. The number of benzene rings is 1. The second-order valence-corrected chi connectivity index (χ2v) is 8.77. The van der Waals surface area contributed by atoms with Crippen LogP contribution in [0, 0.1) is 0 Å². The summed E-state index contributed by atoms with van der Waals surface area (Å²) in [4.78, 5) is 23.6. The average molecular weight is 415 g/mol. The highest BCUT2D eigenvalue weighted by molar-refractivity contribution is 7.98. The molecule has 1 aromatic carbocycles. The van der Waals surface area contributed by atoms with Crippen molar-refractivity contribution in [2.75, 3.05) is 18.9 Å². The molecule has 28 heavy (non-hydrogen) atoms. The molecule has 1 aliphatic rings. The molecule has 4 N–H and O–H groups in total. The highest BCUT2D eigenvalue weighted by Crippen LogP contribution is 2.38. The van der Waals surface area contributed by atoms with Crippen molar-refractivity contribution in [1.29, 1.82) is 0 Å². The number of carbonyl (C=O) groups excluding carboxylic acids is 1. The van der Waals surface area contributed by atoms with Gasteiger partial charge in [-0.1, -0.05) is 23.9 Å². The highest BCUT2D eigenvalue weighted by atomic mass is 32.2. The Hall–Kier alpha value is -2.16. The third-order valence-electron chi connectivity index (χ3n) is 4.80. The van der Waals surface area contributed by atoms with Crippen LogP contribution in [0.25, 0.3) is 10.2 Å². The van der Waals surface area contributed by atoms with Gasteiger partial charge in [0.2, 0.25) is 0 Å². The Bertz CT molecular complexity index is 1000. The van der Waals surface area contributed by atoms with E-state index in [1.807, 2.05) is 12.1 Å². The van der Waals surface area contributed by atoms with E-state index < -0.39 is 0 Å². The number of aryl methyl sites for hydroxylation is 2. The van der Waals surface area contributed by atoms with Gasteiger partial charge in [-0.3, -0.25) is 4.79 Å². The first-order valence-electron chi connectivity index (χ1n) is 9.34. The zero-order valence-electron chi connectivity index (χ0n) is 15.4. The number of thioether (sulfide) groups is 1. The first kappa shape index (κ1) is 19.2. The monoisotopic (exact) mass is 414 g/mol. The van der Waals surface area contributed by atoms with Gasteiger partial charge in [-0.2, -0.15) is 0 Å². The number of rotatable bonds is 6. The molecular formula is C20H22N4O2S2.